The van der Waals surface area contributed by atoms with Gasteiger partial charge in [-0.05, 0) is 31.0 Å². The zero-order valence-electron chi connectivity index (χ0n) is 11.4. The van der Waals surface area contributed by atoms with Crippen molar-refractivity contribution in [2.24, 2.45) is 0 Å². The van der Waals surface area contributed by atoms with E-state index in [1.165, 1.54) is 6.07 Å². The smallest absolute Gasteiger partial charge is 0.148 e. The number of benzene rings is 1. The Morgan fingerprint density at radius 3 is 2.50 bits per heavy atom. The number of methoxy groups -OCH3 is 1. The zero-order chi connectivity index (χ0) is 13.5. The summed E-state index contributed by atoms with van der Waals surface area (Å²) in [6.45, 7) is 5.50. The van der Waals surface area contributed by atoms with Crippen molar-refractivity contribution < 1.29 is 9.13 Å². The SMILES string of the molecule is CCC(CC)N(CCOC)c1ccc(N)cc1F. The minimum atomic E-state index is -0.266. The number of nitrogen functional groups attached to an aromatic ring is 1. The molecule has 0 aliphatic carbocycles. The van der Waals surface area contributed by atoms with Gasteiger partial charge in [-0.15, -0.1) is 0 Å². The van der Waals surface area contributed by atoms with Crippen molar-refractivity contribution in [1.29, 1.82) is 0 Å². The Balaban J connectivity index is 3.00. The number of ether oxygens (including phenoxy) is 1. The van der Waals surface area contributed by atoms with E-state index in [0.717, 1.165) is 12.8 Å². The summed E-state index contributed by atoms with van der Waals surface area (Å²) in [5.41, 5.74) is 6.64. The molecule has 102 valence electrons. The fraction of sp³-hybridized carbons (Fsp3) is 0.571. The van der Waals surface area contributed by atoms with E-state index in [-0.39, 0.29) is 5.82 Å². The molecule has 0 amide bonds. The molecule has 0 fully saturated rings. The van der Waals surface area contributed by atoms with Gasteiger partial charge in [0, 0.05) is 25.4 Å². The molecule has 0 atom stereocenters. The maximum absolute atomic E-state index is 14.0. The van der Waals surface area contributed by atoms with Gasteiger partial charge < -0.3 is 15.4 Å². The van der Waals surface area contributed by atoms with Crippen LogP contribution in [0, 0.1) is 5.82 Å². The third kappa shape index (κ3) is 3.60. The molecule has 2 N–H and O–H groups in total. The molecule has 0 aliphatic rings. The maximum Gasteiger partial charge on any atom is 0.148 e. The van der Waals surface area contributed by atoms with Crippen molar-refractivity contribution in [1.82, 2.24) is 0 Å². The number of halogens is 1. The van der Waals surface area contributed by atoms with Gasteiger partial charge in [-0.2, -0.15) is 0 Å². The predicted molar refractivity (Wildman–Crippen MR) is 74.4 cm³/mol. The first-order valence-electron chi connectivity index (χ1n) is 6.44. The normalized spacial score (nSPS) is 10.9. The molecule has 0 radical (unpaired) electrons. The molecule has 1 aromatic rings. The van der Waals surface area contributed by atoms with Crippen LogP contribution in [0.1, 0.15) is 26.7 Å². The van der Waals surface area contributed by atoms with Gasteiger partial charge in [0.15, 0.2) is 0 Å². The molecule has 3 nitrogen and oxygen atoms in total. The van der Waals surface area contributed by atoms with Crippen molar-refractivity contribution in [3.05, 3.63) is 24.0 Å². The van der Waals surface area contributed by atoms with Crippen LogP contribution in [0.5, 0.6) is 0 Å². The Labute approximate surface area is 109 Å². The highest BCUT2D eigenvalue weighted by Gasteiger charge is 2.18. The fourth-order valence-corrected chi connectivity index (χ4v) is 2.17. The number of anilines is 2. The lowest BCUT2D eigenvalue weighted by molar-refractivity contribution is 0.202. The molecule has 0 bridgehead atoms. The molecule has 0 spiro atoms. The van der Waals surface area contributed by atoms with E-state index in [9.17, 15) is 4.39 Å². The Hall–Kier alpha value is -1.29. The summed E-state index contributed by atoms with van der Waals surface area (Å²) >= 11 is 0. The van der Waals surface area contributed by atoms with Gasteiger partial charge in [-0.3, -0.25) is 0 Å². The first-order chi connectivity index (χ1) is 8.63. The lowest BCUT2D eigenvalue weighted by atomic mass is 10.1. The summed E-state index contributed by atoms with van der Waals surface area (Å²) in [6, 6.07) is 5.18. The minimum absolute atomic E-state index is 0.266. The second-order valence-electron chi connectivity index (χ2n) is 4.37. The van der Waals surface area contributed by atoms with E-state index in [0.29, 0.717) is 30.6 Å². The van der Waals surface area contributed by atoms with Crippen LogP contribution in [0.25, 0.3) is 0 Å². The first-order valence-corrected chi connectivity index (χ1v) is 6.44. The first kappa shape index (κ1) is 14.8. The summed E-state index contributed by atoms with van der Waals surface area (Å²) in [5.74, 6) is -0.266. The standard InChI is InChI=1S/C14H23FN2O/c1-4-12(5-2)17(8-9-18-3)14-7-6-11(16)10-13(14)15/h6-7,10,12H,4-5,8-9,16H2,1-3H3. The minimum Gasteiger partial charge on any atom is -0.399 e. The summed E-state index contributed by atoms with van der Waals surface area (Å²) in [5, 5.41) is 0. The van der Waals surface area contributed by atoms with Crippen molar-refractivity contribution in [3.8, 4) is 0 Å². The molecule has 1 rings (SSSR count). The van der Waals surface area contributed by atoms with Gasteiger partial charge in [0.2, 0.25) is 0 Å². The number of nitrogens with zero attached hydrogens (tertiary/aromatic N) is 1. The number of nitrogens with two attached hydrogens (primary N) is 1. The maximum atomic E-state index is 14.0. The summed E-state index contributed by atoms with van der Waals surface area (Å²) < 4.78 is 19.1. The molecule has 0 aliphatic heterocycles. The molecule has 18 heavy (non-hydrogen) atoms. The van der Waals surface area contributed by atoms with Crippen LogP contribution in [-0.2, 0) is 4.74 Å². The number of hydrogen-bond acceptors (Lipinski definition) is 3. The lowest BCUT2D eigenvalue weighted by Crippen LogP contribution is -2.37. The monoisotopic (exact) mass is 254 g/mol. The molecule has 1 aromatic carbocycles. The van der Waals surface area contributed by atoms with Crippen molar-refractivity contribution in [2.75, 3.05) is 30.9 Å². The Kier molecular flexibility index (Phi) is 5.92. The Bertz CT molecular complexity index is 367. The van der Waals surface area contributed by atoms with Crippen molar-refractivity contribution in [3.63, 3.8) is 0 Å². The van der Waals surface area contributed by atoms with Gasteiger partial charge in [0.25, 0.3) is 0 Å². The van der Waals surface area contributed by atoms with Crippen LogP contribution in [-0.4, -0.2) is 26.3 Å². The third-order valence-corrected chi connectivity index (χ3v) is 3.20. The average molecular weight is 254 g/mol. The van der Waals surface area contributed by atoms with Crippen LogP contribution < -0.4 is 10.6 Å². The number of rotatable bonds is 7. The van der Waals surface area contributed by atoms with E-state index in [1.807, 2.05) is 0 Å². The van der Waals surface area contributed by atoms with Crippen LogP contribution in [0.15, 0.2) is 18.2 Å². The van der Waals surface area contributed by atoms with E-state index in [1.54, 1.807) is 19.2 Å². The third-order valence-electron chi connectivity index (χ3n) is 3.20. The van der Waals surface area contributed by atoms with E-state index >= 15 is 0 Å². The van der Waals surface area contributed by atoms with Gasteiger partial charge in [0.05, 0.1) is 12.3 Å². The fourth-order valence-electron chi connectivity index (χ4n) is 2.17. The molecule has 4 heteroatoms. The average Bonchev–Trinajstić information content (AvgIpc) is 2.35. The molecule has 0 saturated heterocycles. The molecule has 0 unspecified atom stereocenters. The van der Waals surface area contributed by atoms with Crippen LogP contribution in [0.2, 0.25) is 0 Å². The van der Waals surface area contributed by atoms with Crippen LogP contribution >= 0.6 is 0 Å². The molecule has 0 heterocycles. The topological polar surface area (TPSA) is 38.5 Å². The van der Waals surface area contributed by atoms with Crippen LogP contribution in [0.4, 0.5) is 15.8 Å². The van der Waals surface area contributed by atoms with E-state index in [2.05, 4.69) is 18.7 Å². The molecule has 0 saturated carbocycles. The van der Waals surface area contributed by atoms with Gasteiger partial charge in [-0.25, -0.2) is 4.39 Å². The molecule has 0 aromatic heterocycles. The molecular formula is C14H23FN2O. The Morgan fingerprint density at radius 1 is 1.33 bits per heavy atom. The van der Waals surface area contributed by atoms with Gasteiger partial charge >= 0.3 is 0 Å². The van der Waals surface area contributed by atoms with E-state index in [4.69, 9.17) is 10.5 Å². The highest BCUT2D eigenvalue weighted by atomic mass is 19.1. The van der Waals surface area contributed by atoms with Gasteiger partial charge in [-0.1, -0.05) is 13.8 Å². The summed E-state index contributed by atoms with van der Waals surface area (Å²) in [7, 11) is 1.66. The quantitative estimate of drug-likeness (QED) is 0.760. The highest BCUT2D eigenvalue weighted by Crippen LogP contribution is 2.25. The second-order valence-corrected chi connectivity index (χ2v) is 4.37. The predicted octanol–water partition coefficient (Wildman–Crippen LogP) is 3.05. The zero-order valence-corrected chi connectivity index (χ0v) is 11.4. The number of hydrogen-bond donors (Lipinski definition) is 1. The summed E-state index contributed by atoms with van der Waals surface area (Å²) in [4.78, 5) is 2.07. The van der Waals surface area contributed by atoms with Crippen molar-refractivity contribution >= 4 is 11.4 Å². The largest absolute Gasteiger partial charge is 0.399 e. The van der Waals surface area contributed by atoms with E-state index < -0.39 is 0 Å². The van der Waals surface area contributed by atoms with Gasteiger partial charge in [0.1, 0.15) is 5.82 Å². The van der Waals surface area contributed by atoms with Crippen molar-refractivity contribution in [2.45, 2.75) is 32.7 Å². The highest BCUT2D eigenvalue weighted by molar-refractivity contribution is 5.55. The van der Waals surface area contributed by atoms with Crippen LogP contribution in [0.3, 0.4) is 0 Å². The molecular weight excluding hydrogens is 231 g/mol. The summed E-state index contributed by atoms with van der Waals surface area (Å²) in [6.07, 6.45) is 1.95. The second kappa shape index (κ2) is 7.21. The Morgan fingerprint density at radius 2 is 2.00 bits per heavy atom. The lowest BCUT2D eigenvalue weighted by Gasteiger charge is -2.32.